The van der Waals surface area contributed by atoms with E-state index in [1.807, 2.05) is 0 Å². The molecule has 0 aliphatic carbocycles. The molecular weight excluding hydrogens is 222 g/mol. The summed E-state index contributed by atoms with van der Waals surface area (Å²) in [6.45, 7) is 5.04. The first-order valence-corrected chi connectivity index (χ1v) is 8.25. The van der Waals surface area contributed by atoms with Gasteiger partial charge in [0.15, 0.2) is 9.84 Å². The lowest BCUT2D eigenvalue weighted by molar-refractivity contribution is 0.282. The summed E-state index contributed by atoms with van der Waals surface area (Å²) in [6.07, 6.45) is 4.27. The Bertz CT molecular complexity index is 296. The van der Waals surface area contributed by atoms with Gasteiger partial charge in [-0.2, -0.15) is 0 Å². The zero-order valence-electron chi connectivity index (χ0n) is 10.5. The first-order valence-electron chi connectivity index (χ1n) is 6.42. The molecule has 0 aromatic heterocycles. The molecular formula is C12H25NO2S. The molecule has 0 saturated carbocycles. The van der Waals surface area contributed by atoms with E-state index in [1.54, 1.807) is 0 Å². The van der Waals surface area contributed by atoms with E-state index in [-0.39, 0.29) is 0 Å². The fourth-order valence-corrected chi connectivity index (χ4v) is 4.65. The van der Waals surface area contributed by atoms with Gasteiger partial charge in [0.25, 0.3) is 0 Å². The number of nitrogens with two attached hydrogens (primary N) is 1. The Kier molecular flexibility index (Phi) is 5.25. The van der Waals surface area contributed by atoms with Crippen LogP contribution in [0.25, 0.3) is 0 Å². The van der Waals surface area contributed by atoms with Gasteiger partial charge in [-0.15, -0.1) is 0 Å². The van der Waals surface area contributed by atoms with Crippen LogP contribution >= 0.6 is 0 Å². The third-order valence-electron chi connectivity index (χ3n) is 4.03. The summed E-state index contributed by atoms with van der Waals surface area (Å²) in [7, 11) is -2.76. The van der Waals surface area contributed by atoms with Crippen molar-refractivity contribution in [3.8, 4) is 0 Å². The lowest BCUT2D eigenvalue weighted by atomic mass is 9.82. The minimum atomic E-state index is -2.76. The monoisotopic (exact) mass is 247 g/mol. The van der Waals surface area contributed by atoms with Crippen LogP contribution in [0, 0.1) is 17.8 Å². The molecule has 1 aliphatic heterocycles. The van der Waals surface area contributed by atoms with Crippen molar-refractivity contribution in [1.29, 1.82) is 0 Å². The molecule has 2 atom stereocenters. The van der Waals surface area contributed by atoms with E-state index in [0.717, 1.165) is 12.8 Å². The molecule has 16 heavy (non-hydrogen) atoms. The summed E-state index contributed by atoms with van der Waals surface area (Å²) in [5.74, 6) is 2.17. The molecule has 0 bridgehead atoms. The van der Waals surface area contributed by atoms with Gasteiger partial charge in [-0.3, -0.25) is 0 Å². The summed E-state index contributed by atoms with van der Waals surface area (Å²) in [5, 5.41) is 0. The van der Waals surface area contributed by atoms with Crippen molar-refractivity contribution in [3.05, 3.63) is 0 Å². The minimum absolute atomic E-state index is 0.315. The van der Waals surface area contributed by atoms with Gasteiger partial charge >= 0.3 is 0 Å². The van der Waals surface area contributed by atoms with Crippen molar-refractivity contribution in [1.82, 2.24) is 0 Å². The van der Waals surface area contributed by atoms with Crippen LogP contribution in [-0.2, 0) is 9.84 Å². The molecule has 1 heterocycles. The second-order valence-corrected chi connectivity index (χ2v) is 7.31. The molecule has 0 amide bonds. The minimum Gasteiger partial charge on any atom is -0.330 e. The molecule has 0 aromatic rings. The molecule has 0 radical (unpaired) electrons. The average Bonchev–Trinajstić information content (AvgIpc) is 2.61. The third kappa shape index (κ3) is 3.74. The maximum Gasteiger partial charge on any atom is 0.150 e. The highest BCUT2D eigenvalue weighted by Gasteiger charge is 2.33. The predicted octanol–water partition coefficient (Wildman–Crippen LogP) is 1.82. The Morgan fingerprint density at radius 3 is 2.31 bits per heavy atom. The van der Waals surface area contributed by atoms with Gasteiger partial charge in [0.1, 0.15) is 0 Å². The van der Waals surface area contributed by atoms with E-state index in [2.05, 4.69) is 13.8 Å². The maximum atomic E-state index is 11.4. The van der Waals surface area contributed by atoms with Crippen LogP contribution in [0.2, 0.25) is 0 Å². The summed E-state index contributed by atoms with van der Waals surface area (Å²) in [6, 6.07) is 0. The summed E-state index contributed by atoms with van der Waals surface area (Å²) in [4.78, 5) is 0. The van der Waals surface area contributed by atoms with Crippen LogP contribution in [-0.4, -0.2) is 26.5 Å². The highest BCUT2D eigenvalue weighted by molar-refractivity contribution is 7.91. The zero-order chi connectivity index (χ0) is 12.2. The standard InChI is InChI=1S/C12H25NO2S/c1-3-10(4-2)7-12(8-13)11-5-6-16(14,15)9-11/h10-12H,3-9,13H2,1-2H3. The van der Waals surface area contributed by atoms with Crippen LogP contribution in [0.5, 0.6) is 0 Å². The van der Waals surface area contributed by atoms with E-state index < -0.39 is 9.84 Å². The summed E-state index contributed by atoms with van der Waals surface area (Å²) >= 11 is 0. The molecule has 1 rings (SSSR count). The Morgan fingerprint density at radius 2 is 1.94 bits per heavy atom. The van der Waals surface area contributed by atoms with Crippen molar-refractivity contribution in [3.63, 3.8) is 0 Å². The first kappa shape index (κ1) is 14.0. The highest BCUT2D eigenvalue weighted by Crippen LogP contribution is 2.31. The molecule has 1 saturated heterocycles. The van der Waals surface area contributed by atoms with E-state index >= 15 is 0 Å². The van der Waals surface area contributed by atoms with Crippen LogP contribution in [0.4, 0.5) is 0 Å². The lowest BCUT2D eigenvalue weighted by Gasteiger charge is -2.25. The topological polar surface area (TPSA) is 60.2 Å². The molecule has 1 fully saturated rings. The largest absolute Gasteiger partial charge is 0.330 e. The fourth-order valence-electron chi connectivity index (χ4n) is 2.73. The molecule has 0 spiro atoms. The van der Waals surface area contributed by atoms with Crippen LogP contribution < -0.4 is 5.73 Å². The average molecular weight is 247 g/mol. The third-order valence-corrected chi connectivity index (χ3v) is 5.82. The van der Waals surface area contributed by atoms with Crippen molar-refractivity contribution >= 4 is 9.84 Å². The Balaban J connectivity index is 2.55. The van der Waals surface area contributed by atoms with E-state index in [9.17, 15) is 8.42 Å². The van der Waals surface area contributed by atoms with Gasteiger partial charge in [0.05, 0.1) is 11.5 Å². The van der Waals surface area contributed by atoms with Crippen molar-refractivity contribution in [2.75, 3.05) is 18.1 Å². The van der Waals surface area contributed by atoms with Crippen LogP contribution in [0.3, 0.4) is 0 Å². The molecule has 3 nitrogen and oxygen atoms in total. The Hall–Kier alpha value is -0.0900. The number of rotatable bonds is 6. The van der Waals surface area contributed by atoms with Crippen molar-refractivity contribution in [2.45, 2.75) is 39.5 Å². The van der Waals surface area contributed by atoms with Gasteiger partial charge in [0, 0.05) is 0 Å². The Morgan fingerprint density at radius 1 is 1.31 bits per heavy atom. The number of sulfone groups is 1. The van der Waals surface area contributed by atoms with Gasteiger partial charge in [-0.05, 0) is 37.1 Å². The number of hydrogen-bond acceptors (Lipinski definition) is 3. The van der Waals surface area contributed by atoms with Gasteiger partial charge in [0.2, 0.25) is 0 Å². The SMILES string of the molecule is CCC(CC)CC(CN)C1CCS(=O)(=O)C1. The fraction of sp³-hybridized carbons (Fsp3) is 1.00. The van der Waals surface area contributed by atoms with Crippen LogP contribution in [0.1, 0.15) is 39.5 Å². The Labute approximate surface area is 99.7 Å². The zero-order valence-corrected chi connectivity index (χ0v) is 11.3. The number of hydrogen-bond donors (Lipinski definition) is 1. The molecule has 4 heteroatoms. The second kappa shape index (κ2) is 6.01. The van der Waals surface area contributed by atoms with Crippen molar-refractivity contribution in [2.24, 2.45) is 23.5 Å². The quantitative estimate of drug-likeness (QED) is 0.779. The van der Waals surface area contributed by atoms with Crippen molar-refractivity contribution < 1.29 is 8.42 Å². The molecule has 2 unspecified atom stereocenters. The highest BCUT2D eigenvalue weighted by atomic mass is 32.2. The molecule has 0 aromatic carbocycles. The van der Waals surface area contributed by atoms with Gasteiger partial charge in [-0.25, -0.2) is 8.42 Å². The van der Waals surface area contributed by atoms with E-state index in [1.165, 1.54) is 12.8 Å². The lowest BCUT2D eigenvalue weighted by Crippen LogP contribution is -2.26. The molecule has 1 aliphatic rings. The van der Waals surface area contributed by atoms with E-state index in [4.69, 9.17) is 5.73 Å². The first-order chi connectivity index (χ1) is 7.52. The van der Waals surface area contributed by atoms with Gasteiger partial charge < -0.3 is 5.73 Å². The summed E-state index contributed by atoms with van der Waals surface area (Å²) < 4.78 is 22.9. The molecule has 2 N–H and O–H groups in total. The summed E-state index contributed by atoms with van der Waals surface area (Å²) in [5.41, 5.74) is 5.80. The van der Waals surface area contributed by atoms with Crippen LogP contribution in [0.15, 0.2) is 0 Å². The van der Waals surface area contributed by atoms with E-state index in [0.29, 0.717) is 35.8 Å². The molecule has 96 valence electrons. The smallest absolute Gasteiger partial charge is 0.150 e. The van der Waals surface area contributed by atoms with Gasteiger partial charge in [-0.1, -0.05) is 26.7 Å². The second-order valence-electron chi connectivity index (χ2n) is 5.08. The predicted molar refractivity (Wildman–Crippen MR) is 68.0 cm³/mol. The maximum absolute atomic E-state index is 11.4. The normalized spacial score (nSPS) is 26.1.